The fourth-order valence-electron chi connectivity index (χ4n) is 11.4. The maximum absolute atomic E-state index is 13.7. The lowest BCUT2D eigenvalue weighted by atomic mass is 10.0. The van der Waals surface area contributed by atoms with Crippen LogP contribution in [-0.4, -0.2) is 133 Å². The van der Waals surface area contributed by atoms with Crippen molar-refractivity contribution in [3.05, 3.63) is 176 Å². The van der Waals surface area contributed by atoms with Gasteiger partial charge in [0.25, 0.3) is 17.7 Å². The van der Waals surface area contributed by atoms with Crippen LogP contribution in [0.3, 0.4) is 0 Å². The SMILES string of the molecule is CCC.[2H]C([2H])([C@H](c1ccc(OC)c(C)c1)N1Cc2cccc(NC(=O)C3CC3)c2C1=O)S(C)(=O)=O.[2H]C([2H])([C@]([2H])(c1ccc(OC)c(C)c1)N1Cc2cccc(NC(=O)C3CC3)c2C1=O)S(C)(=O)=O.[2H]CCC.[2H]CCC.[2H][C@@](CS(C)(=O)=O)(c1ccc(OC)c(C)c1)N1Cc2cccc(NC(=O)C3CC3)c2C1=O. The average Bonchev–Trinajstić information content (AvgIpc) is 1.39. The molecule has 0 bridgehead atoms. The minimum Gasteiger partial charge on any atom is -0.496 e. The highest BCUT2D eigenvalue weighted by molar-refractivity contribution is 7.91. The van der Waals surface area contributed by atoms with E-state index < -0.39 is 82.5 Å². The number of benzene rings is 6. The van der Waals surface area contributed by atoms with Gasteiger partial charge in [0.2, 0.25) is 17.7 Å². The summed E-state index contributed by atoms with van der Waals surface area (Å²) in [6.45, 7) is 14.5. The van der Waals surface area contributed by atoms with Crippen LogP contribution in [0.1, 0.15) is 209 Å². The van der Waals surface area contributed by atoms with Crippen LogP contribution in [0.15, 0.2) is 109 Å². The predicted octanol–water partition coefficient (Wildman–Crippen LogP) is 13.5. The molecular formula is C78H102N6O15S3. The molecule has 0 saturated heterocycles. The van der Waals surface area contributed by atoms with Gasteiger partial charge in [0.05, 0.1) is 93.1 Å². The molecule has 3 atom stereocenters. The molecule has 6 amide bonds. The quantitative estimate of drug-likeness (QED) is 0.0604. The normalized spacial score (nSPS) is 17.8. The summed E-state index contributed by atoms with van der Waals surface area (Å²) in [6, 6.07) is 23.5. The number of ether oxygens (including phenoxy) is 3. The summed E-state index contributed by atoms with van der Waals surface area (Å²) >= 11 is 0. The van der Waals surface area contributed by atoms with Crippen molar-refractivity contribution < 1.29 is 79.2 Å². The van der Waals surface area contributed by atoms with E-state index in [4.69, 9.17) is 22.4 Å². The van der Waals surface area contributed by atoms with Crippen molar-refractivity contribution in [3.8, 4) is 17.2 Å². The molecule has 552 valence electrons. The summed E-state index contributed by atoms with van der Waals surface area (Å²) in [5.74, 6) is -1.28. The number of aryl methyl sites for hydroxylation is 3. The minimum atomic E-state index is -4.47. The first-order valence-corrected chi connectivity index (χ1v) is 39.7. The van der Waals surface area contributed by atoms with Crippen LogP contribution in [0.5, 0.6) is 17.2 Å². The molecule has 24 heteroatoms. The van der Waals surface area contributed by atoms with E-state index >= 15 is 0 Å². The number of amides is 6. The van der Waals surface area contributed by atoms with Crippen LogP contribution in [0, 0.1) is 38.5 Å². The highest BCUT2D eigenvalue weighted by atomic mass is 32.2. The second-order valence-electron chi connectivity index (χ2n) is 25.9. The van der Waals surface area contributed by atoms with E-state index in [9.17, 15) is 56.8 Å². The third kappa shape index (κ3) is 21.5. The maximum Gasteiger partial charge on any atom is 0.257 e. The van der Waals surface area contributed by atoms with Crippen molar-refractivity contribution in [3.63, 3.8) is 0 Å². The molecule has 3 aliphatic carbocycles. The van der Waals surface area contributed by atoms with E-state index in [1.165, 1.54) is 55.7 Å². The van der Waals surface area contributed by atoms with E-state index in [0.717, 1.165) is 74.3 Å². The lowest BCUT2D eigenvalue weighted by Gasteiger charge is -2.28. The summed E-state index contributed by atoms with van der Waals surface area (Å²) in [5, 5.41) is 8.41. The second-order valence-corrected chi connectivity index (χ2v) is 31.5. The van der Waals surface area contributed by atoms with E-state index in [2.05, 4.69) is 29.8 Å². The topological polar surface area (TPSA) is 278 Å². The number of hydrogen-bond donors (Lipinski definition) is 3. The second kappa shape index (κ2) is 35.5. The fourth-order valence-corrected chi connectivity index (χ4v) is 13.5. The Morgan fingerprint density at radius 1 is 0.471 bits per heavy atom. The molecule has 3 fully saturated rings. The van der Waals surface area contributed by atoms with Crippen molar-refractivity contribution >= 4 is 82.0 Å². The first kappa shape index (κ1) is 69.1. The van der Waals surface area contributed by atoms with E-state index in [1.54, 1.807) is 112 Å². The monoisotopic (exact) mass is 1470 g/mol. The van der Waals surface area contributed by atoms with E-state index in [1.807, 2.05) is 13.8 Å². The van der Waals surface area contributed by atoms with Gasteiger partial charge < -0.3 is 44.9 Å². The Balaban J connectivity index is 0.000000214. The zero-order valence-corrected chi connectivity index (χ0v) is 62.9. The molecule has 0 unspecified atom stereocenters. The summed E-state index contributed by atoms with van der Waals surface area (Å²) in [4.78, 5) is 81.2. The Hall–Kier alpha value is -8.61. The fraction of sp³-hybridized carbons (Fsp3) is 0.462. The van der Waals surface area contributed by atoms with E-state index in [-0.39, 0.29) is 77.5 Å². The van der Waals surface area contributed by atoms with Gasteiger partial charge in [0.15, 0.2) is 0 Å². The Bertz CT molecular complexity index is 4770. The van der Waals surface area contributed by atoms with Gasteiger partial charge in [0, 0.05) is 64.4 Å². The smallest absolute Gasteiger partial charge is 0.257 e. The zero-order valence-electron chi connectivity index (χ0n) is 68.5. The van der Waals surface area contributed by atoms with Crippen LogP contribution in [-0.2, 0) is 63.5 Å². The number of anilines is 3. The molecule has 0 radical (unpaired) electrons. The molecule has 6 aromatic rings. The van der Waals surface area contributed by atoms with Gasteiger partial charge in [0.1, 0.15) is 46.8 Å². The highest BCUT2D eigenvalue weighted by Gasteiger charge is 2.42. The Kier molecular flexibility index (Phi) is 24.1. The molecule has 12 rings (SSSR count). The van der Waals surface area contributed by atoms with E-state index in [0.29, 0.717) is 93.2 Å². The lowest BCUT2D eigenvalue weighted by molar-refractivity contribution is -0.118. The summed E-state index contributed by atoms with van der Waals surface area (Å²) in [6.07, 6.45) is 10.7. The van der Waals surface area contributed by atoms with Crippen LogP contribution in [0.25, 0.3) is 0 Å². The number of methoxy groups -OCH3 is 3. The van der Waals surface area contributed by atoms with Gasteiger partial charge in [-0.2, -0.15) is 0 Å². The van der Waals surface area contributed by atoms with Crippen molar-refractivity contribution in [1.82, 2.24) is 14.7 Å². The maximum atomic E-state index is 13.7. The predicted molar refractivity (Wildman–Crippen MR) is 401 cm³/mol. The van der Waals surface area contributed by atoms with Gasteiger partial charge in [-0.25, -0.2) is 25.3 Å². The number of carbonyl (C=O) groups is 6. The molecular weight excluding hydrogens is 1360 g/mol. The van der Waals surface area contributed by atoms with Gasteiger partial charge in [-0.05, 0) is 146 Å². The van der Waals surface area contributed by atoms with Crippen LogP contribution >= 0.6 is 0 Å². The van der Waals surface area contributed by atoms with Crippen LogP contribution in [0.2, 0.25) is 0 Å². The molecule has 3 heterocycles. The lowest BCUT2D eigenvalue weighted by Crippen LogP contribution is -2.34. The highest BCUT2D eigenvalue weighted by Crippen LogP contribution is 2.42. The molecule has 3 N–H and O–H groups in total. The number of hydrogen-bond acceptors (Lipinski definition) is 15. The van der Waals surface area contributed by atoms with Gasteiger partial charge in [-0.15, -0.1) is 0 Å². The molecule has 6 aliphatic rings. The largest absolute Gasteiger partial charge is 0.496 e. The number of sulfone groups is 3. The minimum absolute atomic E-state index is 0.00838. The van der Waals surface area contributed by atoms with Crippen molar-refractivity contribution in [2.75, 3.05) is 73.2 Å². The number of nitrogens with one attached hydrogen (secondary N) is 3. The molecule has 3 saturated carbocycles. The third-order valence-electron chi connectivity index (χ3n) is 16.5. The average molecular weight is 1470 g/mol. The standard InChI is InChI=1S/3C23H26N2O5S.3C3H8/c3*1-14-11-16(9-10-20(14)30-2)19(13-31(3,28)29)25-12-17-5-4-6-18(21(17)23(25)27)24-22(26)15-7-8-15;3*1-3-2/h3*4-6,9-11,15,19H,7-8,12-13H2,1-3H3,(H,24,26);3*3H2,1-2H3/t3*19-;;;/m111.../s1/i13D2,19D;19D;13D2;2*1D;. The first-order valence-electron chi connectivity index (χ1n) is 38.3. The molecule has 0 spiro atoms. The van der Waals surface area contributed by atoms with Crippen molar-refractivity contribution in [1.29, 1.82) is 0 Å². The summed E-state index contributed by atoms with van der Waals surface area (Å²) in [5.41, 5.74) is 0.271. The molecule has 0 aromatic heterocycles. The molecule has 102 heavy (non-hydrogen) atoms. The van der Waals surface area contributed by atoms with Crippen molar-refractivity contribution in [2.45, 2.75) is 158 Å². The molecule has 6 aromatic carbocycles. The number of nitrogens with zero attached hydrogens (tertiary/aromatic N) is 3. The van der Waals surface area contributed by atoms with Crippen LogP contribution < -0.4 is 30.2 Å². The number of carbonyl (C=O) groups excluding carboxylic acids is 6. The number of rotatable bonds is 21. The third-order valence-corrected chi connectivity index (χ3v) is 18.5. The molecule has 21 nitrogen and oxygen atoms in total. The van der Waals surface area contributed by atoms with Gasteiger partial charge >= 0.3 is 0 Å². The Morgan fingerprint density at radius 2 is 0.775 bits per heavy atom. The van der Waals surface area contributed by atoms with Crippen LogP contribution in [0.4, 0.5) is 17.1 Å². The number of fused-ring (bicyclic) bond motifs is 3. The summed E-state index contributed by atoms with van der Waals surface area (Å²) in [7, 11) is -7.81. The van der Waals surface area contributed by atoms with Gasteiger partial charge in [-0.3, -0.25) is 28.8 Å². The Labute approximate surface area is 614 Å². The first-order chi connectivity index (χ1) is 51.5. The zero-order chi connectivity index (χ0) is 82.0. The Morgan fingerprint density at radius 3 is 1.08 bits per heavy atom. The van der Waals surface area contributed by atoms with Gasteiger partial charge in [-0.1, -0.05) is 134 Å². The molecule has 3 aliphatic heterocycles. The summed E-state index contributed by atoms with van der Waals surface area (Å²) < 4.78 is 156. The van der Waals surface area contributed by atoms with Crippen molar-refractivity contribution in [2.24, 2.45) is 17.8 Å².